The van der Waals surface area contributed by atoms with E-state index in [1.807, 2.05) is 41.2 Å². The van der Waals surface area contributed by atoms with Crippen LogP contribution in [-0.4, -0.2) is 31.3 Å². The van der Waals surface area contributed by atoms with Gasteiger partial charge >= 0.3 is 5.97 Å². The first-order valence-electron chi connectivity index (χ1n) is 7.70. The van der Waals surface area contributed by atoms with Crippen LogP contribution >= 0.6 is 11.3 Å². The topological polar surface area (TPSA) is 90.3 Å². The Kier molecular flexibility index (Phi) is 5.50. The molecule has 3 rings (SSSR count). The van der Waals surface area contributed by atoms with E-state index in [0.29, 0.717) is 6.54 Å². The number of nitrogens with zero attached hydrogens (tertiary/aromatic N) is 2. The van der Waals surface area contributed by atoms with E-state index in [0.717, 1.165) is 22.5 Å². The first-order chi connectivity index (χ1) is 12.5. The van der Waals surface area contributed by atoms with E-state index in [1.54, 1.807) is 11.6 Å². The van der Waals surface area contributed by atoms with Crippen LogP contribution in [0.3, 0.4) is 0 Å². The molecule has 0 saturated heterocycles. The Morgan fingerprint density at radius 1 is 1.23 bits per heavy atom. The van der Waals surface area contributed by atoms with Crippen molar-refractivity contribution in [2.75, 3.05) is 7.11 Å². The summed E-state index contributed by atoms with van der Waals surface area (Å²) in [5.74, 6) is -0.664. The highest BCUT2D eigenvalue weighted by Gasteiger charge is 2.24. The van der Waals surface area contributed by atoms with Gasteiger partial charge in [-0.1, -0.05) is 24.3 Å². The van der Waals surface area contributed by atoms with Gasteiger partial charge in [-0.25, -0.2) is 17.9 Å². The van der Waals surface area contributed by atoms with Crippen LogP contribution in [0.15, 0.2) is 59.1 Å². The number of rotatable bonds is 7. The lowest BCUT2D eigenvalue weighted by atomic mass is 10.1. The quantitative estimate of drug-likeness (QED) is 0.624. The Morgan fingerprint density at radius 2 is 1.96 bits per heavy atom. The van der Waals surface area contributed by atoms with Crippen LogP contribution in [0.1, 0.15) is 20.8 Å². The van der Waals surface area contributed by atoms with Crippen molar-refractivity contribution in [1.29, 1.82) is 0 Å². The zero-order chi connectivity index (χ0) is 18.6. The SMILES string of the molecule is COC(=O)c1sccc1S(=O)(=O)NCc1ccc(Cn2cccn2)cc1. The number of carbonyl (C=O) groups is 1. The van der Waals surface area contributed by atoms with Crippen LogP contribution in [-0.2, 0) is 27.8 Å². The number of esters is 1. The molecule has 3 aromatic rings. The molecule has 0 radical (unpaired) electrons. The minimum atomic E-state index is -3.81. The van der Waals surface area contributed by atoms with E-state index in [4.69, 9.17) is 0 Å². The maximum Gasteiger partial charge on any atom is 0.349 e. The molecular formula is C17H17N3O4S2. The van der Waals surface area contributed by atoms with Crippen LogP contribution in [0.5, 0.6) is 0 Å². The summed E-state index contributed by atoms with van der Waals surface area (Å²) >= 11 is 1.03. The third kappa shape index (κ3) is 4.18. The van der Waals surface area contributed by atoms with E-state index in [2.05, 4.69) is 14.6 Å². The van der Waals surface area contributed by atoms with Gasteiger partial charge in [0.25, 0.3) is 0 Å². The first-order valence-corrected chi connectivity index (χ1v) is 10.1. The Morgan fingerprint density at radius 3 is 2.62 bits per heavy atom. The van der Waals surface area contributed by atoms with Gasteiger partial charge in [0.05, 0.1) is 13.7 Å². The van der Waals surface area contributed by atoms with Crippen molar-refractivity contribution >= 4 is 27.3 Å². The molecule has 0 aliphatic carbocycles. The lowest BCUT2D eigenvalue weighted by Crippen LogP contribution is -2.24. The smallest absolute Gasteiger partial charge is 0.349 e. The van der Waals surface area contributed by atoms with Crippen LogP contribution in [0.25, 0.3) is 0 Å². The first kappa shape index (κ1) is 18.3. The zero-order valence-electron chi connectivity index (χ0n) is 14.0. The van der Waals surface area contributed by atoms with Gasteiger partial charge in [0.15, 0.2) is 0 Å². The Labute approximate surface area is 155 Å². The fraction of sp³-hybridized carbons (Fsp3) is 0.176. The normalized spacial score (nSPS) is 11.4. The lowest BCUT2D eigenvalue weighted by Gasteiger charge is -2.08. The second-order valence-corrected chi connectivity index (χ2v) is 8.10. The zero-order valence-corrected chi connectivity index (χ0v) is 15.6. The number of ether oxygens (including phenoxy) is 1. The molecule has 7 nitrogen and oxygen atoms in total. The molecule has 0 amide bonds. The monoisotopic (exact) mass is 391 g/mol. The summed E-state index contributed by atoms with van der Waals surface area (Å²) < 4.78 is 33.9. The third-order valence-electron chi connectivity index (χ3n) is 3.68. The number of thiophene rings is 1. The minimum Gasteiger partial charge on any atom is -0.465 e. The molecule has 9 heteroatoms. The molecule has 0 bridgehead atoms. The summed E-state index contributed by atoms with van der Waals surface area (Å²) in [5, 5.41) is 5.70. The summed E-state index contributed by atoms with van der Waals surface area (Å²) in [6, 6.07) is 10.8. The fourth-order valence-corrected chi connectivity index (χ4v) is 4.70. The number of carbonyl (C=O) groups excluding carboxylic acids is 1. The molecule has 0 unspecified atom stereocenters. The van der Waals surface area contributed by atoms with Crippen molar-refractivity contribution < 1.29 is 17.9 Å². The molecule has 1 N–H and O–H groups in total. The van der Waals surface area contributed by atoms with Gasteiger partial charge in [-0.3, -0.25) is 4.68 Å². The van der Waals surface area contributed by atoms with Crippen molar-refractivity contribution in [2.45, 2.75) is 18.0 Å². The van der Waals surface area contributed by atoms with Crippen molar-refractivity contribution in [1.82, 2.24) is 14.5 Å². The molecule has 0 saturated carbocycles. The predicted octanol–water partition coefficient (Wildman–Crippen LogP) is 2.26. The van der Waals surface area contributed by atoms with E-state index < -0.39 is 16.0 Å². The van der Waals surface area contributed by atoms with Crippen LogP contribution in [0.2, 0.25) is 0 Å². The molecule has 1 aromatic carbocycles. The number of sulfonamides is 1. The average molecular weight is 391 g/mol. The summed E-state index contributed by atoms with van der Waals surface area (Å²) in [7, 11) is -2.59. The molecule has 136 valence electrons. The third-order valence-corrected chi connectivity index (χ3v) is 6.15. The second-order valence-electron chi connectivity index (χ2n) is 5.45. The van der Waals surface area contributed by atoms with Gasteiger partial charge in [0, 0.05) is 18.9 Å². The van der Waals surface area contributed by atoms with Gasteiger partial charge in [0.2, 0.25) is 10.0 Å². The van der Waals surface area contributed by atoms with Crippen molar-refractivity contribution in [3.63, 3.8) is 0 Å². The predicted molar refractivity (Wildman–Crippen MR) is 97.5 cm³/mol. The van der Waals surface area contributed by atoms with Gasteiger partial charge < -0.3 is 4.74 Å². The summed E-state index contributed by atoms with van der Waals surface area (Å²) in [5.41, 5.74) is 1.87. The molecule has 0 atom stereocenters. The number of aromatic nitrogens is 2. The number of hydrogen-bond donors (Lipinski definition) is 1. The Balaban J connectivity index is 1.66. The molecule has 0 spiro atoms. The molecule has 0 aliphatic heterocycles. The minimum absolute atomic E-state index is 0.0644. The van der Waals surface area contributed by atoms with E-state index in [9.17, 15) is 13.2 Å². The van der Waals surface area contributed by atoms with Crippen LogP contribution < -0.4 is 4.72 Å². The molecule has 26 heavy (non-hydrogen) atoms. The average Bonchev–Trinajstić information content (AvgIpc) is 3.32. The maximum absolute atomic E-state index is 12.5. The van der Waals surface area contributed by atoms with E-state index in [-0.39, 0.29) is 16.3 Å². The highest BCUT2D eigenvalue weighted by atomic mass is 32.2. The second kappa shape index (κ2) is 7.81. The fourth-order valence-electron chi connectivity index (χ4n) is 2.35. The van der Waals surface area contributed by atoms with Crippen molar-refractivity contribution in [3.05, 3.63) is 70.2 Å². The largest absolute Gasteiger partial charge is 0.465 e. The van der Waals surface area contributed by atoms with Crippen LogP contribution in [0, 0.1) is 0 Å². The molecule has 2 aromatic heterocycles. The molecular weight excluding hydrogens is 374 g/mol. The van der Waals surface area contributed by atoms with Gasteiger partial charge in [-0.15, -0.1) is 11.3 Å². The van der Waals surface area contributed by atoms with Crippen molar-refractivity contribution in [2.24, 2.45) is 0 Å². The van der Waals surface area contributed by atoms with Crippen LogP contribution in [0.4, 0.5) is 0 Å². The lowest BCUT2D eigenvalue weighted by molar-refractivity contribution is 0.0602. The Hall–Kier alpha value is -2.49. The van der Waals surface area contributed by atoms with Crippen molar-refractivity contribution in [3.8, 4) is 0 Å². The number of methoxy groups -OCH3 is 1. The standard InChI is InChI=1S/C17H17N3O4S2/c1-24-17(21)16-15(7-10-25-16)26(22,23)19-11-13-3-5-14(6-4-13)12-20-9-2-8-18-20/h2-10,19H,11-12H2,1H3. The number of benzene rings is 1. The van der Waals surface area contributed by atoms with Gasteiger partial charge in [-0.2, -0.15) is 5.10 Å². The molecule has 0 fully saturated rings. The van der Waals surface area contributed by atoms with Gasteiger partial charge in [0.1, 0.15) is 9.77 Å². The van der Waals surface area contributed by atoms with E-state index in [1.165, 1.54) is 13.2 Å². The molecule has 0 aliphatic rings. The van der Waals surface area contributed by atoms with E-state index >= 15 is 0 Å². The highest BCUT2D eigenvalue weighted by Crippen LogP contribution is 2.22. The number of hydrogen-bond acceptors (Lipinski definition) is 6. The summed E-state index contributed by atoms with van der Waals surface area (Å²) in [4.78, 5) is 11.7. The maximum atomic E-state index is 12.5. The summed E-state index contributed by atoms with van der Waals surface area (Å²) in [6.45, 7) is 0.775. The van der Waals surface area contributed by atoms with Gasteiger partial charge in [-0.05, 0) is 28.6 Å². The molecule has 2 heterocycles. The highest BCUT2D eigenvalue weighted by molar-refractivity contribution is 7.89. The number of nitrogens with one attached hydrogen (secondary N) is 1. The summed E-state index contributed by atoms with van der Waals surface area (Å²) in [6.07, 6.45) is 3.60. The Bertz CT molecular complexity index is 977.